The molecule has 0 saturated heterocycles. The lowest BCUT2D eigenvalue weighted by Gasteiger charge is -2.07. The molecule has 3 aromatic rings. The van der Waals surface area contributed by atoms with Crippen LogP contribution < -0.4 is 10.5 Å². The van der Waals surface area contributed by atoms with Gasteiger partial charge in [0.25, 0.3) is 5.95 Å². The van der Waals surface area contributed by atoms with E-state index in [2.05, 4.69) is 25.0 Å². The number of halogens is 2. The van der Waals surface area contributed by atoms with Crippen molar-refractivity contribution in [1.29, 1.82) is 0 Å². The largest absolute Gasteiger partial charge is 0.422 e. The topological polar surface area (TPSA) is 105 Å². The van der Waals surface area contributed by atoms with Crippen LogP contribution in [0.2, 0.25) is 10.0 Å². The molecular formula is C11H7Cl2N7O. The fourth-order valence-corrected chi connectivity index (χ4v) is 1.79. The molecule has 1 aromatic carbocycles. The molecule has 2 aromatic heterocycles. The summed E-state index contributed by atoms with van der Waals surface area (Å²) < 4.78 is 6.81. The Labute approximate surface area is 128 Å². The summed E-state index contributed by atoms with van der Waals surface area (Å²) in [7, 11) is 0. The second-order valence-electron chi connectivity index (χ2n) is 3.79. The molecule has 0 spiro atoms. The number of ether oxygens (including phenoxy) is 1. The molecule has 2 N–H and O–H groups in total. The van der Waals surface area contributed by atoms with Crippen LogP contribution in [0, 0.1) is 0 Å². The van der Waals surface area contributed by atoms with Crippen molar-refractivity contribution >= 4 is 29.2 Å². The van der Waals surface area contributed by atoms with Crippen LogP contribution in [-0.4, -0.2) is 29.7 Å². The van der Waals surface area contributed by atoms with E-state index < -0.39 is 0 Å². The van der Waals surface area contributed by atoms with Gasteiger partial charge in [-0.1, -0.05) is 23.2 Å². The average Bonchev–Trinajstić information content (AvgIpc) is 2.96. The molecule has 0 amide bonds. The molecule has 106 valence electrons. The van der Waals surface area contributed by atoms with E-state index in [9.17, 15) is 0 Å². The predicted molar refractivity (Wildman–Crippen MR) is 75.7 cm³/mol. The summed E-state index contributed by atoms with van der Waals surface area (Å²) >= 11 is 11.9. The number of nitrogen functional groups attached to an aromatic ring is 1. The summed E-state index contributed by atoms with van der Waals surface area (Å²) in [5.41, 5.74) is 5.62. The van der Waals surface area contributed by atoms with Gasteiger partial charge in [-0.15, -0.1) is 0 Å². The van der Waals surface area contributed by atoms with Crippen LogP contribution in [0.4, 0.5) is 5.95 Å². The highest BCUT2D eigenvalue weighted by Crippen LogP contribution is 2.30. The number of nitrogens with two attached hydrogens (primary N) is 1. The predicted octanol–water partition coefficient (Wildman–Crippen LogP) is 2.13. The summed E-state index contributed by atoms with van der Waals surface area (Å²) in [5.74, 6) is 0.455. The van der Waals surface area contributed by atoms with E-state index in [1.54, 1.807) is 18.2 Å². The lowest BCUT2D eigenvalue weighted by Crippen LogP contribution is -2.08. The van der Waals surface area contributed by atoms with E-state index in [1.807, 2.05) is 0 Å². The summed E-state index contributed by atoms with van der Waals surface area (Å²) in [4.78, 5) is 15.7. The third-order valence-corrected chi connectivity index (χ3v) is 2.89. The Hall–Kier alpha value is -2.45. The van der Waals surface area contributed by atoms with Crippen molar-refractivity contribution in [2.24, 2.45) is 0 Å². The maximum absolute atomic E-state index is 6.01. The number of hydrogen-bond donors (Lipinski definition) is 1. The Balaban J connectivity index is 1.97. The van der Waals surface area contributed by atoms with Gasteiger partial charge in [-0.05, 0) is 12.1 Å². The highest BCUT2D eigenvalue weighted by Gasteiger charge is 2.11. The molecule has 0 atom stereocenters. The summed E-state index contributed by atoms with van der Waals surface area (Å²) in [6.07, 6.45) is 2.76. The molecule has 2 heterocycles. The van der Waals surface area contributed by atoms with Gasteiger partial charge >= 0.3 is 6.01 Å². The highest BCUT2D eigenvalue weighted by atomic mass is 35.5. The van der Waals surface area contributed by atoms with Crippen LogP contribution in [0.15, 0.2) is 30.9 Å². The first-order valence-corrected chi connectivity index (χ1v) is 6.37. The monoisotopic (exact) mass is 323 g/mol. The average molecular weight is 324 g/mol. The zero-order valence-corrected chi connectivity index (χ0v) is 11.8. The molecule has 10 heteroatoms. The molecular weight excluding hydrogens is 317 g/mol. The number of hydrogen-bond acceptors (Lipinski definition) is 7. The van der Waals surface area contributed by atoms with E-state index in [0.717, 1.165) is 0 Å². The molecule has 0 aliphatic heterocycles. The second kappa shape index (κ2) is 5.51. The van der Waals surface area contributed by atoms with Gasteiger partial charge in [0.05, 0.1) is 5.02 Å². The van der Waals surface area contributed by atoms with E-state index in [0.29, 0.717) is 15.8 Å². The summed E-state index contributed by atoms with van der Waals surface area (Å²) in [6.45, 7) is 0. The lowest BCUT2D eigenvalue weighted by atomic mass is 10.3. The van der Waals surface area contributed by atoms with Crippen molar-refractivity contribution in [3.63, 3.8) is 0 Å². The molecule has 8 nitrogen and oxygen atoms in total. The van der Waals surface area contributed by atoms with Crippen molar-refractivity contribution in [1.82, 2.24) is 29.7 Å². The minimum atomic E-state index is -0.0304. The molecule has 0 bridgehead atoms. The fourth-order valence-electron chi connectivity index (χ4n) is 1.47. The van der Waals surface area contributed by atoms with Crippen LogP contribution in [0.25, 0.3) is 5.95 Å². The minimum absolute atomic E-state index is 0.0244. The van der Waals surface area contributed by atoms with Gasteiger partial charge in [0.1, 0.15) is 12.7 Å². The van der Waals surface area contributed by atoms with E-state index in [-0.39, 0.29) is 17.9 Å². The Kier molecular flexibility index (Phi) is 3.55. The minimum Gasteiger partial charge on any atom is -0.422 e. The van der Waals surface area contributed by atoms with Crippen LogP contribution in [0.5, 0.6) is 11.8 Å². The zero-order valence-electron chi connectivity index (χ0n) is 10.3. The van der Waals surface area contributed by atoms with Crippen molar-refractivity contribution in [2.45, 2.75) is 0 Å². The molecule has 0 aliphatic carbocycles. The zero-order chi connectivity index (χ0) is 14.8. The van der Waals surface area contributed by atoms with E-state index in [1.165, 1.54) is 17.3 Å². The third kappa shape index (κ3) is 3.01. The Morgan fingerprint density at radius 3 is 2.76 bits per heavy atom. The number of aromatic nitrogens is 6. The van der Waals surface area contributed by atoms with Gasteiger partial charge in [-0.25, -0.2) is 4.98 Å². The van der Waals surface area contributed by atoms with Crippen molar-refractivity contribution in [3.8, 4) is 17.7 Å². The number of rotatable bonds is 3. The first-order valence-electron chi connectivity index (χ1n) is 5.61. The first kappa shape index (κ1) is 13.5. The normalized spacial score (nSPS) is 10.6. The number of anilines is 1. The number of nitrogens with zero attached hydrogens (tertiary/aromatic N) is 6. The lowest BCUT2D eigenvalue weighted by molar-refractivity contribution is 0.439. The van der Waals surface area contributed by atoms with Crippen molar-refractivity contribution < 1.29 is 4.74 Å². The standard InChI is InChI=1S/C11H7Cl2N7O/c12-6-1-2-7(13)8(3-6)21-11-18-9(14)17-10(19-11)20-5-15-4-16-20/h1-5H,(H2,14,17,18,19). The smallest absolute Gasteiger partial charge is 0.328 e. The number of benzene rings is 1. The first-order chi connectivity index (χ1) is 10.1. The summed E-state index contributed by atoms with van der Waals surface area (Å²) in [5, 5.41) is 4.73. The van der Waals surface area contributed by atoms with Gasteiger partial charge in [0, 0.05) is 11.1 Å². The molecule has 0 unspecified atom stereocenters. The highest BCUT2D eigenvalue weighted by molar-refractivity contribution is 6.34. The molecule has 21 heavy (non-hydrogen) atoms. The van der Waals surface area contributed by atoms with Crippen molar-refractivity contribution in [3.05, 3.63) is 40.9 Å². The van der Waals surface area contributed by atoms with E-state index in [4.69, 9.17) is 33.7 Å². The SMILES string of the molecule is Nc1nc(Oc2cc(Cl)ccc2Cl)nc(-n2cncn2)n1. The molecule has 3 rings (SSSR count). The van der Waals surface area contributed by atoms with Crippen LogP contribution in [0.3, 0.4) is 0 Å². The van der Waals surface area contributed by atoms with Crippen LogP contribution in [-0.2, 0) is 0 Å². The Morgan fingerprint density at radius 2 is 2.00 bits per heavy atom. The van der Waals surface area contributed by atoms with E-state index >= 15 is 0 Å². The quantitative estimate of drug-likeness (QED) is 0.787. The molecule has 0 aliphatic rings. The third-order valence-electron chi connectivity index (χ3n) is 2.34. The maximum atomic E-state index is 6.01. The Bertz CT molecular complexity index is 778. The molecule has 0 fully saturated rings. The van der Waals surface area contributed by atoms with Gasteiger partial charge in [0.15, 0.2) is 5.75 Å². The van der Waals surface area contributed by atoms with Gasteiger partial charge in [0.2, 0.25) is 5.95 Å². The fraction of sp³-hybridized carbons (Fsp3) is 0. The maximum Gasteiger partial charge on any atom is 0.328 e. The second-order valence-corrected chi connectivity index (χ2v) is 4.64. The van der Waals surface area contributed by atoms with Gasteiger partial charge < -0.3 is 10.5 Å². The van der Waals surface area contributed by atoms with Crippen LogP contribution in [0.1, 0.15) is 0 Å². The van der Waals surface area contributed by atoms with Gasteiger partial charge in [-0.3, -0.25) is 0 Å². The van der Waals surface area contributed by atoms with Crippen molar-refractivity contribution in [2.75, 3.05) is 5.73 Å². The summed E-state index contributed by atoms with van der Waals surface area (Å²) in [6, 6.07) is 4.75. The Morgan fingerprint density at radius 1 is 1.14 bits per heavy atom. The van der Waals surface area contributed by atoms with Gasteiger partial charge in [-0.2, -0.15) is 24.7 Å². The molecule has 0 radical (unpaired) electrons. The van der Waals surface area contributed by atoms with Crippen LogP contribution >= 0.6 is 23.2 Å². The molecule has 0 saturated carbocycles.